The van der Waals surface area contributed by atoms with E-state index in [0.29, 0.717) is 0 Å². The van der Waals surface area contributed by atoms with Crippen LogP contribution in [0.5, 0.6) is 5.75 Å². The van der Waals surface area contributed by atoms with E-state index in [4.69, 9.17) is 14.8 Å². The smallest absolute Gasteiger partial charge is 0.490 e. The Morgan fingerprint density at radius 3 is 2.50 bits per heavy atom. The average molecular weight is 260 g/mol. The van der Waals surface area contributed by atoms with Crippen molar-refractivity contribution in [2.75, 3.05) is 7.11 Å². The number of halogens is 3. The monoisotopic (exact) mass is 260 g/mol. The van der Waals surface area contributed by atoms with Gasteiger partial charge in [0.1, 0.15) is 11.3 Å². The van der Waals surface area contributed by atoms with Crippen LogP contribution in [0, 0.1) is 0 Å². The molecule has 0 saturated carbocycles. The van der Waals surface area contributed by atoms with Gasteiger partial charge in [0.15, 0.2) is 0 Å². The van der Waals surface area contributed by atoms with E-state index in [2.05, 4.69) is 9.97 Å². The first-order valence-corrected chi connectivity index (χ1v) is 4.84. The fraction of sp³-hybridized carbons (Fsp3) is 0.222. The highest BCUT2D eigenvalue weighted by Crippen LogP contribution is 2.30. The van der Waals surface area contributed by atoms with Crippen LogP contribution in [0.25, 0.3) is 11.0 Å². The van der Waals surface area contributed by atoms with Gasteiger partial charge in [0.2, 0.25) is 5.82 Å². The van der Waals surface area contributed by atoms with Crippen LogP contribution >= 0.6 is 0 Å². The molecule has 3 N–H and O–H groups in total. The van der Waals surface area contributed by atoms with Crippen molar-refractivity contribution < 1.29 is 28.0 Å². The molecule has 0 saturated heterocycles. The third kappa shape index (κ3) is 2.02. The SMILES string of the molecule is COc1ccc(B(O)O)c2nc(C(F)(F)F)[nH]c12. The second-order valence-electron chi connectivity index (χ2n) is 3.54. The van der Waals surface area contributed by atoms with E-state index >= 15 is 0 Å². The minimum Gasteiger partial charge on any atom is -0.494 e. The largest absolute Gasteiger partial charge is 0.494 e. The van der Waals surface area contributed by atoms with Crippen LogP contribution in [0.4, 0.5) is 13.2 Å². The third-order valence-electron chi connectivity index (χ3n) is 2.40. The van der Waals surface area contributed by atoms with E-state index in [9.17, 15) is 13.2 Å². The van der Waals surface area contributed by atoms with Gasteiger partial charge in [-0.2, -0.15) is 13.2 Å². The molecule has 0 spiro atoms. The Kier molecular flexibility index (Phi) is 2.95. The van der Waals surface area contributed by atoms with E-state index in [1.807, 2.05) is 0 Å². The second kappa shape index (κ2) is 4.18. The van der Waals surface area contributed by atoms with Gasteiger partial charge in [0, 0.05) is 5.46 Å². The molecule has 0 aliphatic rings. The van der Waals surface area contributed by atoms with E-state index in [0.717, 1.165) is 0 Å². The predicted molar refractivity (Wildman–Crippen MR) is 57.5 cm³/mol. The molecule has 5 nitrogen and oxygen atoms in total. The van der Waals surface area contributed by atoms with Gasteiger partial charge in [0.25, 0.3) is 0 Å². The van der Waals surface area contributed by atoms with Crippen LogP contribution in [0.3, 0.4) is 0 Å². The number of imidazole rings is 1. The van der Waals surface area contributed by atoms with Gasteiger partial charge in [-0.05, 0) is 6.07 Å². The van der Waals surface area contributed by atoms with Gasteiger partial charge in [-0.1, -0.05) is 6.07 Å². The number of nitrogens with zero attached hydrogens (tertiary/aromatic N) is 1. The molecule has 0 aliphatic carbocycles. The molecule has 1 aromatic heterocycles. The maximum absolute atomic E-state index is 12.5. The lowest BCUT2D eigenvalue weighted by molar-refractivity contribution is -0.144. The number of aromatic amines is 1. The van der Waals surface area contributed by atoms with Crippen molar-refractivity contribution in [2.24, 2.45) is 0 Å². The standard InChI is InChI=1S/C9H8BF3N2O3/c1-18-5-3-2-4(10(16)17)6-7(5)15-8(14-6)9(11,12)13/h2-3,16-17H,1H3,(H,14,15). The van der Waals surface area contributed by atoms with Gasteiger partial charge in [-0.15, -0.1) is 0 Å². The van der Waals surface area contributed by atoms with Crippen molar-refractivity contribution in [3.63, 3.8) is 0 Å². The summed E-state index contributed by atoms with van der Waals surface area (Å²) in [6, 6.07) is 2.57. The number of fused-ring (bicyclic) bond motifs is 1. The topological polar surface area (TPSA) is 78.4 Å². The molecule has 2 rings (SSSR count). The molecule has 1 aromatic carbocycles. The number of hydrogen-bond acceptors (Lipinski definition) is 4. The zero-order valence-corrected chi connectivity index (χ0v) is 9.12. The van der Waals surface area contributed by atoms with Crippen molar-refractivity contribution in [3.05, 3.63) is 18.0 Å². The maximum atomic E-state index is 12.5. The van der Waals surface area contributed by atoms with Crippen LogP contribution in [0.2, 0.25) is 0 Å². The minimum absolute atomic E-state index is 0.0320. The third-order valence-corrected chi connectivity index (χ3v) is 2.40. The second-order valence-corrected chi connectivity index (χ2v) is 3.54. The van der Waals surface area contributed by atoms with Crippen molar-refractivity contribution >= 4 is 23.6 Å². The van der Waals surface area contributed by atoms with Crippen LogP contribution < -0.4 is 10.2 Å². The molecule has 1 heterocycles. The molecule has 2 aromatic rings. The summed E-state index contributed by atoms with van der Waals surface area (Å²) in [6.07, 6.45) is -4.65. The Hall–Kier alpha value is -1.74. The molecule has 0 radical (unpaired) electrons. The van der Waals surface area contributed by atoms with E-state index in [1.165, 1.54) is 19.2 Å². The molecule has 0 atom stereocenters. The molecule has 0 fully saturated rings. The highest BCUT2D eigenvalue weighted by molar-refractivity contribution is 6.61. The first-order valence-electron chi connectivity index (χ1n) is 4.84. The lowest BCUT2D eigenvalue weighted by Gasteiger charge is -2.04. The number of methoxy groups -OCH3 is 1. The van der Waals surface area contributed by atoms with E-state index < -0.39 is 19.1 Å². The number of nitrogens with one attached hydrogen (secondary N) is 1. The number of aromatic nitrogens is 2. The summed E-state index contributed by atoms with van der Waals surface area (Å²) in [5.74, 6) is -1.08. The Morgan fingerprint density at radius 1 is 1.33 bits per heavy atom. The number of H-pyrrole nitrogens is 1. The molecule has 18 heavy (non-hydrogen) atoms. The highest BCUT2D eigenvalue weighted by Gasteiger charge is 2.36. The highest BCUT2D eigenvalue weighted by atomic mass is 19.4. The Labute approximate surface area is 99.4 Å². The predicted octanol–water partition coefficient (Wildman–Crippen LogP) is 0.270. The van der Waals surface area contributed by atoms with Crippen LogP contribution in [0.15, 0.2) is 12.1 Å². The lowest BCUT2D eigenvalue weighted by Crippen LogP contribution is -2.30. The summed E-state index contributed by atoms with van der Waals surface area (Å²) < 4.78 is 42.5. The Bertz CT molecular complexity index is 582. The van der Waals surface area contributed by atoms with Crippen molar-refractivity contribution in [1.29, 1.82) is 0 Å². The van der Waals surface area contributed by atoms with Gasteiger partial charge in [-0.3, -0.25) is 0 Å². The van der Waals surface area contributed by atoms with Crippen molar-refractivity contribution in [2.45, 2.75) is 6.18 Å². The summed E-state index contributed by atoms with van der Waals surface area (Å²) in [7, 11) is -0.624. The fourth-order valence-electron chi connectivity index (χ4n) is 1.60. The van der Waals surface area contributed by atoms with E-state index in [1.54, 1.807) is 0 Å². The summed E-state index contributed by atoms with van der Waals surface area (Å²) >= 11 is 0. The molecule has 0 aliphatic heterocycles. The molecular formula is C9H8BF3N2O3. The van der Waals surface area contributed by atoms with Crippen LogP contribution in [0.1, 0.15) is 5.82 Å². The minimum atomic E-state index is -4.65. The quantitative estimate of drug-likeness (QED) is 0.677. The summed E-state index contributed by atoms with van der Waals surface area (Å²) in [5.41, 5.74) is -0.343. The first-order chi connectivity index (χ1) is 8.34. The number of hydrogen-bond donors (Lipinski definition) is 3. The molecule has 0 amide bonds. The Morgan fingerprint density at radius 2 is 2.00 bits per heavy atom. The average Bonchev–Trinajstić information content (AvgIpc) is 2.71. The number of alkyl halides is 3. The lowest BCUT2D eigenvalue weighted by atomic mass is 9.79. The van der Waals surface area contributed by atoms with Crippen LogP contribution in [-0.4, -0.2) is 34.2 Å². The van der Waals surface area contributed by atoms with Gasteiger partial charge in [0.05, 0.1) is 12.6 Å². The zero-order chi connectivity index (χ0) is 13.5. The number of benzene rings is 1. The normalized spacial score (nSPS) is 11.9. The van der Waals surface area contributed by atoms with Crippen molar-refractivity contribution in [3.8, 4) is 5.75 Å². The number of ether oxygens (including phenoxy) is 1. The van der Waals surface area contributed by atoms with Gasteiger partial charge >= 0.3 is 13.3 Å². The van der Waals surface area contributed by atoms with E-state index in [-0.39, 0.29) is 22.2 Å². The van der Waals surface area contributed by atoms with Gasteiger partial charge in [-0.25, -0.2) is 4.98 Å². The summed E-state index contributed by atoms with van der Waals surface area (Å²) in [6.45, 7) is 0. The number of rotatable bonds is 2. The maximum Gasteiger partial charge on any atom is 0.490 e. The fourth-order valence-corrected chi connectivity index (χ4v) is 1.60. The van der Waals surface area contributed by atoms with Crippen LogP contribution in [-0.2, 0) is 6.18 Å². The molecular weight excluding hydrogens is 252 g/mol. The molecule has 0 unspecified atom stereocenters. The zero-order valence-electron chi connectivity index (χ0n) is 9.12. The molecule has 9 heteroatoms. The first kappa shape index (κ1) is 12.7. The summed E-state index contributed by atoms with van der Waals surface area (Å²) in [4.78, 5) is 5.40. The molecule has 0 bridgehead atoms. The summed E-state index contributed by atoms with van der Waals surface area (Å²) in [5, 5.41) is 18.2. The van der Waals surface area contributed by atoms with Gasteiger partial charge < -0.3 is 19.8 Å². The van der Waals surface area contributed by atoms with Crippen molar-refractivity contribution in [1.82, 2.24) is 9.97 Å². The molecule has 96 valence electrons. The Balaban J connectivity index is 2.74.